The number of aryl methyl sites for hydroxylation is 1. The van der Waals surface area contributed by atoms with E-state index in [1.165, 1.54) is 0 Å². The Kier molecular flexibility index (Phi) is 6.52. The van der Waals surface area contributed by atoms with Gasteiger partial charge in [0.15, 0.2) is 0 Å². The molecule has 182 valence electrons. The maximum atomic E-state index is 13.4. The molecule has 1 atom stereocenters. The number of nitrogens with one attached hydrogen (secondary N) is 1. The summed E-state index contributed by atoms with van der Waals surface area (Å²) in [6.07, 6.45) is 2.03. The summed E-state index contributed by atoms with van der Waals surface area (Å²) in [4.78, 5) is 20.9. The van der Waals surface area contributed by atoms with E-state index in [0.29, 0.717) is 17.5 Å². The van der Waals surface area contributed by atoms with Gasteiger partial charge in [0, 0.05) is 16.2 Å². The third-order valence-corrected chi connectivity index (χ3v) is 6.92. The lowest BCUT2D eigenvalue weighted by molar-refractivity contribution is 0.244. The maximum Gasteiger partial charge on any atom is 0.326 e. The topological polar surface area (TPSA) is 80.5 Å². The molecule has 1 unspecified atom stereocenters. The smallest absolute Gasteiger partial charge is 0.326 e. The predicted octanol–water partition coefficient (Wildman–Crippen LogP) is 6.48. The summed E-state index contributed by atoms with van der Waals surface area (Å²) in [5.74, 6) is 1.50. The Balaban J connectivity index is 1.64. The Bertz CT molecular complexity index is 1450. The van der Waals surface area contributed by atoms with Crippen molar-refractivity contribution >= 4 is 29.1 Å². The van der Waals surface area contributed by atoms with Crippen LogP contribution in [0.5, 0.6) is 5.75 Å². The molecule has 0 aliphatic carbocycles. The van der Waals surface area contributed by atoms with Crippen LogP contribution in [0.3, 0.4) is 0 Å². The maximum absolute atomic E-state index is 13.4. The fraction of sp³-hybridized carbons (Fsp3) is 0.179. The van der Waals surface area contributed by atoms with E-state index >= 15 is 0 Å². The molecule has 0 bridgehead atoms. The summed E-state index contributed by atoms with van der Waals surface area (Å²) in [5, 5.41) is 7.41. The first-order chi connectivity index (χ1) is 17.5. The molecule has 0 radical (unpaired) electrons. The quantitative estimate of drug-likeness (QED) is 0.307. The Hall–Kier alpha value is -4.04. The van der Waals surface area contributed by atoms with Crippen LogP contribution in [0, 0.1) is 6.92 Å². The minimum absolute atomic E-state index is 0.215. The van der Waals surface area contributed by atoms with Crippen LogP contribution in [0.15, 0.2) is 87.9 Å². The average molecular weight is 499 g/mol. The van der Waals surface area contributed by atoms with Gasteiger partial charge in [-0.25, -0.2) is 4.79 Å². The number of anilines is 1. The van der Waals surface area contributed by atoms with Gasteiger partial charge in [-0.1, -0.05) is 41.6 Å². The highest BCUT2D eigenvalue weighted by atomic mass is 32.2. The molecule has 1 N–H and O–H groups in total. The van der Waals surface area contributed by atoms with Gasteiger partial charge < -0.3 is 14.6 Å². The standard InChI is InChI=1S/C28H26N4O3S/c1-17-7-5-9-21(15-17)32-18(2)24(25(29-28(32)33)19-11-13-23(36-4)14-12-19)27-30-26(31-35-27)20-8-6-10-22(16-20)34-3/h5-16,25H,1-4H3,(H,29,33). The van der Waals surface area contributed by atoms with E-state index in [1.54, 1.807) is 23.8 Å². The largest absolute Gasteiger partial charge is 0.497 e. The van der Waals surface area contributed by atoms with Crippen LogP contribution in [0.1, 0.15) is 30.0 Å². The lowest BCUT2D eigenvalue weighted by atomic mass is 9.94. The van der Waals surface area contributed by atoms with E-state index in [2.05, 4.69) is 10.5 Å². The van der Waals surface area contributed by atoms with E-state index in [4.69, 9.17) is 14.2 Å². The van der Waals surface area contributed by atoms with Crippen LogP contribution in [-0.4, -0.2) is 29.5 Å². The van der Waals surface area contributed by atoms with Crippen molar-refractivity contribution in [3.05, 3.63) is 95.5 Å². The Morgan fingerprint density at radius 3 is 2.53 bits per heavy atom. The van der Waals surface area contributed by atoms with Gasteiger partial charge in [-0.3, -0.25) is 4.90 Å². The zero-order valence-corrected chi connectivity index (χ0v) is 21.3. The minimum atomic E-state index is -0.451. The number of methoxy groups -OCH3 is 1. The number of thioether (sulfide) groups is 1. The molecule has 3 aromatic carbocycles. The monoisotopic (exact) mass is 498 g/mol. The summed E-state index contributed by atoms with van der Waals surface area (Å²) >= 11 is 1.67. The molecule has 5 rings (SSSR count). The SMILES string of the molecule is COc1cccc(-c2noc(C3=C(C)N(c4cccc(C)c4)C(=O)NC3c3ccc(SC)cc3)n2)c1. The first kappa shape index (κ1) is 23.7. The highest BCUT2D eigenvalue weighted by molar-refractivity contribution is 7.98. The molecule has 7 nitrogen and oxygen atoms in total. The number of hydrogen-bond donors (Lipinski definition) is 1. The molecule has 0 saturated carbocycles. The molecular weight excluding hydrogens is 472 g/mol. The van der Waals surface area contributed by atoms with Gasteiger partial charge in [-0.2, -0.15) is 4.98 Å². The summed E-state index contributed by atoms with van der Waals surface area (Å²) in [7, 11) is 1.62. The molecule has 2 heterocycles. The Morgan fingerprint density at radius 1 is 1.03 bits per heavy atom. The van der Waals surface area contributed by atoms with E-state index in [-0.39, 0.29) is 6.03 Å². The summed E-state index contributed by atoms with van der Waals surface area (Å²) in [6.45, 7) is 3.91. The van der Waals surface area contributed by atoms with Crippen molar-refractivity contribution < 1.29 is 14.1 Å². The second-order valence-electron chi connectivity index (χ2n) is 8.48. The van der Waals surface area contributed by atoms with E-state index < -0.39 is 6.04 Å². The van der Waals surface area contributed by atoms with Crippen LogP contribution < -0.4 is 15.0 Å². The van der Waals surface area contributed by atoms with Gasteiger partial charge in [0.25, 0.3) is 5.89 Å². The zero-order valence-electron chi connectivity index (χ0n) is 20.5. The highest BCUT2D eigenvalue weighted by Gasteiger charge is 2.36. The van der Waals surface area contributed by atoms with Crippen molar-refractivity contribution in [3.63, 3.8) is 0 Å². The number of urea groups is 1. The van der Waals surface area contributed by atoms with Crippen LogP contribution >= 0.6 is 11.8 Å². The number of rotatable bonds is 6. The number of ether oxygens (including phenoxy) is 1. The summed E-state index contributed by atoms with van der Waals surface area (Å²) < 4.78 is 11.1. The van der Waals surface area contributed by atoms with Crippen molar-refractivity contribution in [2.45, 2.75) is 24.8 Å². The Morgan fingerprint density at radius 2 is 1.81 bits per heavy atom. The van der Waals surface area contributed by atoms with Crippen molar-refractivity contribution in [1.29, 1.82) is 0 Å². The van der Waals surface area contributed by atoms with Crippen LogP contribution in [0.4, 0.5) is 10.5 Å². The van der Waals surface area contributed by atoms with Gasteiger partial charge in [0.05, 0.1) is 24.4 Å². The van der Waals surface area contributed by atoms with Crippen molar-refractivity contribution in [1.82, 2.24) is 15.5 Å². The van der Waals surface area contributed by atoms with Crippen LogP contribution in [0.2, 0.25) is 0 Å². The fourth-order valence-corrected chi connectivity index (χ4v) is 4.76. The fourth-order valence-electron chi connectivity index (χ4n) is 4.36. The molecular formula is C28H26N4O3S. The molecule has 2 amide bonds. The second kappa shape index (κ2) is 9.91. The van der Waals surface area contributed by atoms with Gasteiger partial charge in [0.2, 0.25) is 5.82 Å². The second-order valence-corrected chi connectivity index (χ2v) is 9.36. The first-order valence-electron chi connectivity index (χ1n) is 11.5. The Labute approximate surface area is 214 Å². The van der Waals surface area contributed by atoms with Crippen LogP contribution in [-0.2, 0) is 0 Å². The average Bonchev–Trinajstić information content (AvgIpc) is 3.38. The number of aromatic nitrogens is 2. The lowest BCUT2D eigenvalue weighted by Crippen LogP contribution is -2.46. The number of amides is 2. The number of benzene rings is 3. The highest BCUT2D eigenvalue weighted by Crippen LogP contribution is 2.39. The third-order valence-electron chi connectivity index (χ3n) is 6.18. The zero-order chi connectivity index (χ0) is 25.2. The van der Waals surface area contributed by atoms with Gasteiger partial charge >= 0.3 is 6.03 Å². The molecule has 1 aliphatic heterocycles. The number of nitrogens with zero attached hydrogens (tertiary/aromatic N) is 3. The van der Waals surface area contributed by atoms with E-state index in [1.807, 2.05) is 92.9 Å². The number of hydrogen-bond acceptors (Lipinski definition) is 6. The third kappa shape index (κ3) is 4.47. The van der Waals surface area contributed by atoms with Crippen LogP contribution in [0.25, 0.3) is 17.0 Å². The predicted molar refractivity (Wildman–Crippen MR) is 142 cm³/mol. The number of carbonyl (C=O) groups excluding carboxylic acids is 1. The summed E-state index contributed by atoms with van der Waals surface area (Å²) in [5.41, 5.74) is 5.01. The molecule has 0 spiro atoms. The van der Waals surface area contributed by atoms with Gasteiger partial charge in [0.1, 0.15) is 5.75 Å². The van der Waals surface area contributed by atoms with Crippen molar-refractivity contribution in [2.24, 2.45) is 0 Å². The lowest BCUT2D eigenvalue weighted by Gasteiger charge is -2.35. The van der Waals surface area contributed by atoms with Gasteiger partial charge in [-0.15, -0.1) is 11.8 Å². The van der Waals surface area contributed by atoms with E-state index in [9.17, 15) is 4.79 Å². The first-order valence-corrected chi connectivity index (χ1v) is 12.7. The molecule has 4 aromatic rings. The number of carbonyl (C=O) groups is 1. The molecule has 8 heteroatoms. The van der Waals surface area contributed by atoms with E-state index in [0.717, 1.165) is 38.5 Å². The molecule has 1 aliphatic rings. The number of allylic oxidation sites excluding steroid dienone is 1. The van der Waals surface area contributed by atoms with Crippen molar-refractivity contribution in [2.75, 3.05) is 18.3 Å². The minimum Gasteiger partial charge on any atom is -0.497 e. The molecule has 0 saturated heterocycles. The molecule has 36 heavy (non-hydrogen) atoms. The van der Waals surface area contributed by atoms with Gasteiger partial charge in [-0.05, 0) is 67.6 Å². The molecule has 1 aromatic heterocycles. The normalized spacial score (nSPS) is 15.7. The molecule has 0 fully saturated rings. The van der Waals surface area contributed by atoms with Crippen molar-refractivity contribution in [3.8, 4) is 17.1 Å². The summed E-state index contributed by atoms with van der Waals surface area (Å²) in [6, 6.07) is 22.8.